The van der Waals surface area contributed by atoms with Crippen molar-refractivity contribution in [2.45, 2.75) is 26.4 Å². The van der Waals surface area contributed by atoms with Gasteiger partial charge in [-0.3, -0.25) is 0 Å². The fourth-order valence-corrected chi connectivity index (χ4v) is 1.94. The Morgan fingerprint density at radius 3 is 2.46 bits per heavy atom. The van der Waals surface area contributed by atoms with Crippen LogP contribution in [-0.2, 0) is 5.60 Å². The van der Waals surface area contributed by atoms with Gasteiger partial charge in [0.25, 0.3) is 0 Å². The van der Waals surface area contributed by atoms with Gasteiger partial charge in [-0.25, -0.2) is 0 Å². The molecule has 4 heteroatoms. The third-order valence-corrected chi connectivity index (χ3v) is 2.20. The van der Waals surface area contributed by atoms with Gasteiger partial charge in [-0.15, -0.1) is 0 Å². The summed E-state index contributed by atoms with van der Waals surface area (Å²) in [5.74, 6) is 0. The van der Waals surface area contributed by atoms with Crippen molar-refractivity contribution >= 4 is 15.9 Å². The van der Waals surface area contributed by atoms with Gasteiger partial charge in [0.15, 0.2) is 6.20 Å². The second-order valence-corrected chi connectivity index (χ2v) is 4.49. The number of halogens is 1. The molecule has 0 aliphatic carbocycles. The van der Waals surface area contributed by atoms with E-state index in [0.717, 1.165) is 5.56 Å². The van der Waals surface area contributed by atoms with Crippen LogP contribution in [0.25, 0.3) is 0 Å². The fraction of sp³-hybridized carbons (Fsp3) is 0.444. The van der Waals surface area contributed by atoms with Crippen molar-refractivity contribution in [3.63, 3.8) is 0 Å². The first kappa shape index (κ1) is 10.5. The lowest BCUT2D eigenvalue weighted by atomic mass is 10.0. The zero-order chi connectivity index (χ0) is 10.2. The Morgan fingerprint density at radius 2 is 2.08 bits per heavy atom. The first-order chi connectivity index (χ1) is 5.82. The smallest absolute Gasteiger partial charge is 0.226 e. The third-order valence-electron chi connectivity index (χ3n) is 1.77. The topological polar surface area (TPSA) is 47.2 Å². The highest BCUT2D eigenvalue weighted by molar-refractivity contribution is 9.10. The third kappa shape index (κ3) is 2.19. The molecule has 0 radical (unpaired) electrons. The van der Waals surface area contributed by atoms with Gasteiger partial charge >= 0.3 is 0 Å². The Labute approximate surface area is 85.7 Å². The summed E-state index contributed by atoms with van der Waals surface area (Å²) in [6.45, 7) is 4.99. The molecule has 0 fully saturated rings. The van der Waals surface area contributed by atoms with Crippen molar-refractivity contribution < 1.29 is 9.84 Å². The van der Waals surface area contributed by atoms with E-state index < -0.39 is 5.60 Å². The molecule has 1 heterocycles. The molecule has 0 bridgehead atoms. The average Bonchev–Trinajstić information content (AvgIpc) is 1.78. The maximum absolute atomic E-state index is 11.4. The van der Waals surface area contributed by atoms with Crippen molar-refractivity contribution in [3.05, 3.63) is 33.2 Å². The summed E-state index contributed by atoms with van der Waals surface area (Å²) in [7, 11) is 0. The van der Waals surface area contributed by atoms with Crippen LogP contribution in [0, 0.1) is 12.1 Å². The van der Waals surface area contributed by atoms with E-state index >= 15 is 0 Å². The van der Waals surface area contributed by atoms with E-state index in [1.807, 2.05) is 6.07 Å². The summed E-state index contributed by atoms with van der Waals surface area (Å²) >= 11 is 3.21. The minimum absolute atomic E-state index is 0.385. The Hall–Kier alpha value is -0.610. The molecule has 1 aromatic heterocycles. The van der Waals surface area contributed by atoms with Gasteiger partial charge in [0.1, 0.15) is 5.60 Å². The van der Waals surface area contributed by atoms with Crippen LogP contribution >= 0.6 is 15.9 Å². The summed E-state index contributed by atoms with van der Waals surface area (Å²) in [6.07, 6.45) is 1.39. The molecular weight excluding hydrogens is 234 g/mol. The Kier molecular flexibility index (Phi) is 2.63. The molecule has 0 atom stereocenters. The molecule has 0 spiro atoms. The molecule has 0 saturated heterocycles. The molecule has 3 nitrogen and oxygen atoms in total. The van der Waals surface area contributed by atoms with Crippen molar-refractivity contribution in [2.24, 2.45) is 0 Å². The van der Waals surface area contributed by atoms with Crippen LogP contribution in [0.2, 0.25) is 0 Å². The quantitative estimate of drug-likeness (QED) is 0.604. The van der Waals surface area contributed by atoms with E-state index in [9.17, 15) is 10.3 Å². The highest BCUT2D eigenvalue weighted by Gasteiger charge is 2.28. The van der Waals surface area contributed by atoms with Gasteiger partial charge in [-0.05, 0) is 42.8 Å². The number of aryl methyl sites for hydroxylation is 1. The second-order valence-electron chi connectivity index (χ2n) is 3.57. The molecule has 1 N–H and O–H groups in total. The van der Waals surface area contributed by atoms with E-state index in [1.54, 1.807) is 20.8 Å². The normalized spacial score (nSPS) is 11.8. The molecule has 0 unspecified atom stereocenters. The van der Waals surface area contributed by atoms with Crippen molar-refractivity contribution in [3.8, 4) is 0 Å². The average molecular weight is 246 g/mol. The van der Waals surface area contributed by atoms with Crippen LogP contribution in [-0.4, -0.2) is 5.11 Å². The van der Waals surface area contributed by atoms with Crippen molar-refractivity contribution in [2.75, 3.05) is 0 Å². The summed E-state index contributed by atoms with van der Waals surface area (Å²) < 4.78 is 1.41. The molecular formula is C9H12BrNO2. The van der Waals surface area contributed by atoms with E-state index in [4.69, 9.17) is 0 Å². The Balaban J connectivity index is 3.38. The highest BCUT2D eigenvalue weighted by atomic mass is 79.9. The second kappa shape index (κ2) is 3.27. The van der Waals surface area contributed by atoms with Gasteiger partial charge in [-0.2, -0.15) is 4.73 Å². The van der Waals surface area contributed by atoms with Crippen LogP contribution in [0.3, 0.4) is 0 Å². The lowest BCUT2D eigenvalue weighted by molar-refractivity contribution is -0.623. The highest BCUT2D eigenvalue weighted by Crippen LogP contribution is 2.21. The summed E-state index contributed by atoms with van der Waals surface area (Å²) in [5, 5.41) is 21.1. The SMILES string of the molecule is Cc1cc(Br)c[n+]([O-])c1C(C)(C)O. The molecule has 13 heavy (non-hydrogen) atoms. The molecule has 1 rings (SSSR count). The Bertz CT molecular complexity index is 308. The molecule has 0 aliphatic rings. The summed E-state index contributed by atoms with van der Waals surface area (Å²) in [4.78, 5) is 0. The van der Waals surface area contributed by atoms with Crippen molar-refractivity contribution in [1.82, 2.24) is 0 Å². The molecule has 0 saturated carbocycles. The Morgan fingerprint density at radius 1 is 1.54 bits per heavy atom. The standard InChI is InChI=1S/C9H12BrNO2/c1-6-4-7(10)5-11(13)8(6)9(2,3)12/h4-5,12H,1-3H3. The van der Waals surface area contributed by atoms with Crippen LogP contribution in [0.1, 0.15) is 25.1 Å². The predicted octanol–water partition coefficient (Wildman–Crippen LogP) is 1.62. The number of hydrogen-bond acceptors (Lipinski definition) is 2. The van der Waals surface area contributed by atoms with E-state index in [2.05, 4.69) is 15.9 Å². The van der Waals surface area contributed by atoms with Gasteiger partial charge in [0.05, 0.1) is 4.47 Å². The molecule has 0 amide bonds. The minimum atomic E-state index is -1.10. The van der Waals surface area contributed by atoms with E-state index in [0.29, 0.717) is 14.9 Å². The zero-order valence-electron chi connectivity index (χ0n) is 7.84. The summed E-state index contributed by atoms with van der Waals surface area (Å²) in [5.41, 5.74) is 0.0552. The van der Waals surface area contributed by atoms with Gasteiger partial charge in [-0.1, -0.05) is 0 Å². The van der Waals surface area contributed by atoms with E-state index in [1.165, 1.54) is 6.20 Å². The largest absolute Gasteiger partial charge is 0.618 e. The molecule has 0 aliphatic heterocycles. The lowest BCUT2D eigenvalue weighted by Gasteiger charge is -2.18. The first-order valence-corrected chi connectivity index (χ1v) is 4.74. The number of nitrogens with zero attached hydrogens (tertiary/aromatic N) is 1. The first-order valence-electron chi connectivity index (χ1n) is 3.94. The number of rotatable bonds is 1. The monoisotopic (exact) mass is 245 g/mol. The van der Waals surface area contributed by atoms with Gasteiger partial charge < -0.3 is 10.3 Å². The minimum Gasteiger partial charge on any atom is -0.618 e. The number of aliphatic hydroxyl groups is 1. The van der Waals surface area contributed by atoms with Crippen LogP contribution in [0.5, 0.6) is 0 Å². The van der Waals surface area contributed by atoms with Crippen LogP contribution in [0.15, 0.2) is 16.7 Å². The number of hydrogen-bond donors (Lipinski definition) is 1. The summed E-state index contributed by atoms with van der Waals surface area (Å²) in [6, 6.07) is 1.81. The maximum atomic E-state index is 11.4. The van der Waals surface area contributed by atoms with Gasteiger partial charge in [0, 0.05) is 5.56 Å². The number of aromatic nitrogens is 1. The number of pyridine rings is 1. The lowest BCUT2D eigenvalue weighted by Crippen LogP contribution is -2.40. The maximum Gasteiger partial charge on any atom is 0.226 e. The zero-order valence-corrected chi connectivity index (χ0v) is 9.42. The molecule has 72 valence electrons. The fourth-order valence-electron chi connectivity index (χ4n) is 1.42. The van der Waals surface area contributed by atoms with Crippen molar-refractivity contribution in [1.29, 1.82) is 0 Å². The predicted molar refractivity (Wildman–Crippen MR) is 53.1 cm³/mol. The van der Waals surface area contributed by atoms with Crippen LogP contribution < -0.4 is 4.73 Å². The van der Waals surface area contributed by atoms with E-state index in [-0.39, 0.29) is 0 Å². The molecule has 1 aromatic rings. The molecule has 0 aromatic carbocycles. The van der Waals surface area contributed by atoms with Crippen LogP contribution in [0.4, 0.5) is 0 Å². The van der Waals surface area contributed by atoms with Gasteiger partial charge in [0.2, 0.25) is 5.69 Å².